The molecule has 1 aromatic carbocycles. The van der Waals surface area contributed by atoms with Gasteiger partial charge in [-0.25, -0.2) is 4.98 Å². The van der Waals surface area contributed by atoms with E-state index in [4.69, 9.17) is 4.99 Å². The average molecular weight is 411 g/mol. The van der Waals surface area contributed by atoms with Gasteiger partial charge in [-0.2, -0.15) is 0 Å². The summed E-state index contributed by atoms with van der Waals surface area (Å²) in [4.78, 5) is 24.2. The predicted molar refractivity (Wildman–Crippen MR) is 120 cm³/mol. The van der Waals surface area contributed by atoms with Crippen LogP contribution < -0.4 is 10.2 Å². The zero-order valence-corrected chi connectivity index (χ0v) is 17.5. The van der Waals surface area contributed by atoms with Gasteiger partial charge in [-0.1, -0.05) is 18.2 Å². The number of hydrogen-bond acceptors (Lipinski definition) is 5. The number of nitrogens with one attached hydrogen (secondary N) is 1. The third-order valence-electron chi connectivity index (χ3n) is 5.17. The Kier molecular flexibility index (Phi) is 8.00. The van der Waals surface area contributed by atoms with E-state index >= 15 is 0 Å². The average Bonchev–Trinajstić information content (AvgIpc) is 2.79. The number of non-ortho nitro benzene ring substituents is 1. The van der Waals surface area contributed by atoms with Crippen LogP contribution in [0.15, 0.2) is 53.7 Å². The number of aryl methyl sites for hydroxylation is 1. The molecule has 0 amide bonds. The Hall–Kier alpha value is -3.16. The number of pyridine rings is 1. The Bertz CT molecular complexity index is 817. The Morgan fingerprint density at radius 1 is 1.13 bits per heavy atom. The van der Waals surface area contributed by atoms with Gasteiger partial charge in [0, 0.05) is 57.6 Å². The summed E-state index contributed by atoms with van der Waals surface area (Å²) in [5, 5.41) is 14.1. The third-order valence-corrected chi connectivity index (χ3v) is 5.17. The van der Waals surface area contributed by atoms with E-state index in [9.17, 15) is 10.1 Å². The zero-order valence-electron chi connectivity index (χ0n) is 17.5. The lowest BCUT2D eigenvalue weighted by Gasteiger charge is -2.37. The zero-order chi connectivity index (χ0) is 21.2. The first-order chi connectivity index (χ1) is 14.7. The lowest BCUT2D eigenvalue weighted by Crippen LogP contribution is -2.52. The van der Waals surface area contributed by atoms with Gasteiger partial charge in [0.15, 0.2) is 5.96 Å². The van der Waals surface area contributed by atoms with Crippen LogP contribution >= 0.6 is 0 Å². The lowest BCUT2D eigenvalue weighted by atomic mass is 10.1. The van der Waals surface area contributed by atoms with Gasteiger partial charge in [0.1, 0.15) is 5.82 Å². The second-order valence-corrected chi connectivity index (χ2v) is 7.28. The van der Waals surface area contributed by atoms with Crippen LogP contribution in [0.4, 0.5) is 11.5 Å². The van der Waals surface area contributed by atoms with Crippen molar-refractivity contribution in [3.8, 4) is 0 Å². The molecule has 0 bridgehead atoms. The van der Waals surface area contributed by atoms with E-state index in [2.05, 4.69) is 33.1 Å². The maximum atomic E-state index is 10.7. The van der Waals surface area contributed by atoms with Crippen LogP contribution in [-0.2, 0) is 6.42 Å². The number of nitrogens with zero attached hydrogens (tertiary/aromatic N) is 5. The summed E-state index contributed by atoms with van der Waals surface area (Å²) in [6.45, 7) is 7.42. The topological polar surface area (TPSA) is 86.9 Å². The highest BCUT2D eigenvalue weighted by Gasteiger charge is 2.20. The molecule has 160 valence electrons. The van der Waals surface area contributed by atoms with Crippen LogP contribution in [-0.4, -0.2) is 60.0 Å². The second kappa shape index (κ2) is 11.1. The number of unbranched alkanes of at least 4 members (excludes halogenated alkanes) is 1. The molecule has 0 aliphatic carbocycles. The van der Waals surface area contributed by atoms with E-state index < -0.39 is 0 Å². The molecule has 0 atom stereocenters. The summed E-state index contributed by atoms with van der Waals surface area (Å²) in [7, 11) is 0. The van der Waals surface area contributed by atoms with Crippen LogP contribution in [0.1, 0.15) is 25.3 Å². The van der Waals surface area contributed by atoms with Crippen LogP contribution in [0.5, 0.6) is 0 Å². The van der Waals surface area contributed by atoms with E-state index in [1.54, 1.807) is 12.1 Å². The smallest absolute Gasteiger partial charge is 0.269 e. The molecular formula is C22H30N6O2. The van der Waals surface area contributed by atoms with Crippen molar-refractivity contribution in [2.24, 2.45) is 4.99 Å². The number of hydrogen-bond donors (Lipinski definition) is 1. The first kappa shape index (κ1) is 21.5. The Morgan fingerprint density at radius 2 is 1.90 bits per heavy atom. The number of benzene rings is 1. The van der Waals surface area contributed by atoms with Gasteiger partial charge in [0.2, 0.25) is 0 Å². The molecule has 1 aromatic heterocycles. The monoisotopic (exact) mass is 410 g/mol. The maximum absolute atomic E-state index is 10.7. The summed E-state index contributed by atoms with van der Waals surface area (Å²) < 4.78 is 0. The number of guanidine groups is 1. The molecule has 1 saturated heterocycles. The number of aromatic nitrogens is 1. The predicted octanol–water partition coefficient (Wildman–Crippen LogP) is 3.10. The lowest BCUT2D eigenvalue weighted by molar-refractivity contribution is -0.384. The van der Waals surface area contributed by atoms with Crippen LogP contribution in [0.3, 0.4) is 0 Å². The van der Waals surface area contributed by atoms with Gasteiger partial charge < -0.3 is 15.1 Å². The standard InChI is InChI=1S/C22H30N6O2/c1-2-23-22(27-17-15-26(16-18-27)21-8-4-6-13-24-21)25-14-5-3-7-19-9-11-20(12-10-19)28(29)30/h4,6,8-13H,2-3,5,7,14-18H2,1H3,(H,23,25). The first-order valence-electron chi connectivity index (χ1n) is 10.6. The van der Waals surface area contributed by atoms with Crippen molar-refractivity contribution in [3.05, 3.63) is 64.3 Å². The minimum Gasteiger partial charge on any atom is -0.357 e. The maximum Gasteiger partial charge on any atom is 0.269 e. The van der Waals surface area contributed by atoms with Crippen LogP contribution in [0.25, 0.3) is 0 Å². The fourth-order valence-electron chi connectivity index (χ4n) is 3.52. The molecule has 30 heavy (non-hydrogen) atoms. The highest BCUT2D eigenvalue weighted by Crippen LogP contribution is 2.14. The summed E-state index contributed by atoms with van der Waals surface area (Å²) in [5.41, 5.74) is 1.27. The van der Waals surface area contributed by atoms with Crippen LogP contribution in [0, 0.1) is 10.1 Å². The molecule has 8 nitrogen and oxygen atoms in total. The van der Waals surface area contributed by atoms with Crippen molar-refractivity contribution in [2.45, 2.75) is 26.2 Å². The van der Waals surface area contributed by atoms with Crippen molar-refractivity contribution in [2.75, 3.05) is 44.2 Å². The van der Waals surface area contributed by atoms with Gasteiger partial charge in [0.05, 0.1) is 4.92 Å². The molecule has 2 heterocycles. The van der Waals surface area contributed by atoms with E-state index in [-0.39, 0.29) is 10.6 Å². The molecule has 0 radical (unpaired) electrons. The largest absolute Gasteiger partial charge is 0.357 e. The van der Waals surface area contributed by atoms with Crippen molar-refractivity contribution in [1.82, 2.24) is 15.2 Å². The SMILES string of the molecule is CCNC(=NCCCCc1ccc([N+](=O)[O-])cc1)N1CCN(c2ccccn2)CC1. The number of anilines is 1. The van der Waals surface area contributed by atoms with Gasteiger partial charge in [-0.05, 0) is 43.9 Å². The molecule has 0 unspecified atom stereocenters. The minimum absolute atomic E-state index is 0.141. The van der Waals surface area contributed by atoms with Gasteiger partial charge in [-0.15, -0.1) is 0 Å². The van der Waals surface area contributed by atoms with Crippen molar-refractivity contribution < 1.29 is 4.92 Å². The highest BCUT2D eigenvalue weighted by atomic mass is 16.6. The van der Waals surface area contributed by atoms with Crippen molar-refractivity contribution in [1.29, 1.82) is 0 Å². The van der Waals surface area contributed by atoms with E-state index in [0.29, 0.717) is 0 Å². The number of aliphatic imine (C=N–C) groups is 1. The molecule has 3 rings (SSSR count). The first-order valence-corrected chi connectivity index (χ1v) is 10.6. The number of piperazine rings is 1. The molecular weight excluding hydrogens is 380 g/mol. The molecule has 1 aliphatic heterocycles. The van der Waals surface area contributed by atoms with E-state index in [1.807, 2.05) is 30.5 Å². The molecule has 0 spiro atoms. The molecule has 1 fully saturated rings. The third kappa shape index (κ3) is 6.17. The van der Waals surface area contributed by atoms with Crippen molar-refractivity contribution >= 4 is 17.5 Å². The minimum atomic E-state index is -0.364. The molecule has 2 aromatic rings. The van der Waals surface area contributed by atoms with E-state index in [0.717, 1.165) is 75.9 Å². The molecule has 1 aliphatic rings. The van der Waals surface area contributed by atoms with Gasteiger partial charge in [-0.3, -0.25) is 15.1 Å². The number of nitro benzene ring substituents is 1. The Balaban J connectivity index is 1.43. The van der Waals surface area contributed by atoms with E-state index in [1.165, 1.54) is 0 Å². The van der Waals surface area contributed by atoms with Gasteiger partial charge >= 0.3 is 0 Å². The Labute approximate surface area is 177 Å². The fourth-order valence-corrected chi connectivity index (χ4v) is 3.52. The highest BCUT2D eigenvalue weighted by molar-refractivity contribution is 5.80. The molecule has 0 saturated carbocycles. The summed E-state index contributed by atoms with van der Waals surface area (Å²) in [5.74, 6) is 2.01. The molecule has 1 N–H and O–H groups in total. The van der Waals surface area contributed by atoms with Crippen molar-refractivity contribution in [3.63, 3.8) is 0 Å². The summed E-state index contributed by atoms with van der Waals surface area (Å²) >= 11 is 0. The summed E-state index contributed by atoms with van der Waals surface area (Å²) in [6.07, 6.45) is 4.74. The fraction of sp³-hybridized carbons (Fsp3) is 0.455. The van der Waals surface area contributed by atoms with Crippen LogP contribution in [0.2, 0.25) is 0 Å². The molecule has 8 heteroatoms. The number of nitro groups is 1. The second-order valence-electron chi connectivity index (χ2n) is 7.28. The summed E-state index contributed by atoms with van der Waals surface area (Å²) in [6, 6.07) is 12.8. The normalized spacial score (nSPS) is 14.6. The quantitative estimate of drug-likeness (QED) is 0.237. The van der Waals surface area contributed by atoms with Gasteiger partial charge in [0.25, 0.3) is 5.69 Å². The number of rotatable bonds is 8. The Morgan fingerprint density at radius 3 is 2.53 bits per heavy atom.